The maximum absolute atomic E-state index is 11.6. The first-order valence-electron chi connectivity index (χ1n) is 7.98. The van der Waals surface area contributed by atoms with Crippen molar-refractivity contribution in [2.24, 2.45) is 0 Å². The van der Waals surface area contributed by atoms with Crippen LogP contribution in [0.15, 0.2) is 54.6 Å². The Balaban J connectivity index is 1.72. The number of rotatable bonds is 7. The molecule has 2 rings (SSSR count). The second-order valence-corrected chi connectivity index (χ2v) is 5.88. The van der Waals surface area contributed by atoms with Gasteiger partial charge in [0.15, 0.2) is 5.78 Å². The summed E-state index contributed by atoms with van der Waals surface area (Å²) in [5.74, 6) is -0.0666. The van der Waals surface area contributed by atoms with Crippen LogP contribution in [0.1, 0.15) is 34.8 Å². The largest absolute Gasteiger partial charge is 0.445 e. The molecule has 4 nitrogen and oxygen atoms in total. The lowest BCUT2D eigenvalue weighted by atomic mass is 10.1. The molecule has 0 fully saturated rings. The molecule has 2 aromatic carbocycles. The normalized spacial score (nSPS) is 10.6. The summed E-state index contributed by atoms with van der Waals surface area (Å²) in [6.45, 7) is 2.21. The molecular formula is C20H20ClNO3. The van der Waals surface area contributed by atoms with Crippen LogP contribution in [-0.2, 0) is 11.3 Å². The lowest BCUT2D eigenvalue weighted by Crippen LogP contribution is -2.24. The van der Waals surface area contributed by atoms with Crippen LogP contribution in [-0.4, -0.2) is 18.4 Å². The molecule has 0 saturated carbocycles. The van der Waals surface area contributed by atoms with Crippen molar-refractivity contribution in [1.29, 1.82) is 0 Å². The average Bonchev–Trinajstić information content (AvgIpc) is 2.61. The molecule has 1 amide bonds. The van der Waals surface area contributed by atoms with Gasteiger partial charge in [-0.3, -0.25) is 4.79 Å². The number of Topliss-reactive ketones (excluding diaryl/α,β-unsaturated/α-hetero) is 1. The first kappa shape index (κ1) is 18.7. The molecule has 0 bridgehead atoms. The third-order valence-electron chi connectivity index (χ3n) is 3.47. The van der Waals surface area contributed by atoms with Crippen molar-refractivity contribution < 1.29 is 14.3 Å². The van der Waals surface area contributed by atoms with Crippen LogP contribution in [0, 0.1) is 0 Å². The van der Waals surface area contributed by atoms with E-state index in [0.717, 1.165) is 11.1 Å². The van der Waals surface area contributed by atoms with Gasteiger partial charge in [0.1, 0.15) is 6.61 Å². The molecule has 0 radical (unpaired) electrons. The molecule has 0 heterocycles. The number of alkyl carbamates (subject to hydrolysis) is 1. The zero-order valence-electron chi connectivity index (χ0n) is 14.0. The molecule has 0 aliphatic heterocycles. The van der Waals surface area contributed by atoms with Gasteiger partial charge in [0.05, 0.1) is 5.02 Å². The van der Waals surface area contributed by atoms with Crippen molar-refractivity contribution in [2.75, 3.05) is 6.54 Å². The van der Waals surface area contributed by atoms with Gasteiger partial charge in [0, 0.05) is 12.1 Å². The molecule has 0 spiro atoms. The highest BCUT2D eigenvalue weighted by Gasteiger charge is 2.05. The van der Waals surface area contributed by atoms with Gasteiger partial charge in [-0.2, -0.15) is 0 Å². The van der Waals surface area contributed by atoms with Gasteiger partial charge in [-0.05, 0) is 36.6 Å². The number of ketones is 1. The number of amides is 1. The van der Waals surface area contributed by atoms with Crippen molar-refractivity contribution in [3.05, 3.63) is 76.3 Å². The minimum Gasteiger partial charge on any atom is -0.445 e. The number of hydrogen-bond acceptors (Lipinski definition) is 3. The van der Waals surface area contributed by atoms with Crippen molar-refractivity contribution >= 4 is 29.6 Å². The summed E-state index contributed by atoms with van der Waals surface area (Å²) in [6, 6.07) is 14.8. The van der Waals surface area contributed by atoms with E-state index >= 15 is 0 Å². The van der Waals surface area contributed by atoms with Gasteiger partial charge in [-0.1, -0.05) is 60.2 Å². The fraction of sp³-hybridized carbons (Fsp3) is 0.200. The molecule has 130 valence electrons. The topological polar surface area (TPSA) is 55.4 Å². The fourth-order valence-corrected chi connectivity index (χ4v) is 2.42. The average molecular weight is 358 g/mol. The predicted molar refractivity (Wildman–Crippen MR) is 99.7 cm³/mol. The summed E-state index contributed by atoms with van der Waals surface area (Å²) >= 11 is 5.98. The molecular weight excluding hydrogens is 338 g/mol. The van der Waals surface area contributed by atoms with Crippen molar-refractivity contribution in [1.82, 2.24) is 5.32 Å². The van der Waals surface area contributed by atoms with E-state index in [9.17, 15) is 9.59 Å². The Morgan fingerprint density at radius 1 is 1.16 bits per heavy atom. The second kappa shape index (κ2) is 9.64. The summed E-state index contributed by atoms with van der Waals surface area (Å²) in [4.78, 5) is 23.1. The second-order valence-electron chi connectivity index (χ2n) is 5.48. The predicted octanol–water partition coefficient (Wildman–Crippen LogP) is 4.87. The molecule has 0 aromatic heterocycles. The number of carbonyl (C=O) groups excluding carboxylic acids is 2. The fourth-order valence-electron chi connectivity index (χ4n) is 2.17. The molecule has 5 heteroatoms. The molecule has 0 atom stereocenters. The van der Waals surface area contributed by atoms with E-state index < -0.39 is 6.09 Å². The number of nitrogens with one attached hydrogen (secondary N) is 1. The molecule has 0 aliphatic carbocycles. The van der Waals surface area contributed by atoms with Gasteiger partial charge in [-0.25, -0.2) is 4.79 Å². The number of carbonyl (C=O) groups is 2. The lowest BCUT2D eigenvalue weighted by molar-refractivity contribution is 0.101. The quantitative estimate of drug-likeness (QED) is 0.568. The van der Waals surface area contributed by atoms with Crippen LogP contribution in [0.4, 0.5) is 4.79 Å². The highest BCUT2D eigenvalue weighted by Crippen LogP contribution is 2.19. The zero-order valence-corrected chi connectivity index (χ0v) is 14.8. The van der Waals surface area contributed by atoms with E-state index in [1.165, 1.54) is 6.92 Å². The number of benzene rings is 2. The third-order valence-corrected chi connectivity index (χ3v) is 3.80. The van der Waals surface area contributed by atoms with Crippen LogP contribution < -0.4 is 5.32 Å². The maximum atomic E-state index is 11.6. The van der Waals surface area contributed by atoms with E-state index in [0.29, 0.717) is 23.6 Å². The van der Waals surface area contributed by atoms with Gasteiger partial charge in [0.25, 0.3) is 0 Å². The summed E-state index contributed by atoms with van der Waals surface area (Å²) in [5, 5.41) is 3.14. The Kier molecular flexibility index (Phi) is 7.23. The van der Waals surface area contributed by atoms with Crippen LogP contribution in [0.5, 0.6) is 0 Å². The van der Waals surface area contributed by atoms with E-state index in [4.69, 9.17) is 16.3 Å². The van der Waals surface area contributed by atoms with Gasteiger partial charge in [0.2, 0.25) is 0 Å². The highest BCUT2D eigenvalue weighted by molar-refractivity contribution is 6.33. The molecule has 1 N–H and O–H groups in total. The lowest BCUT2D eigenvalue weighted by Gasteiger charge is -2.06. The van der Waals surface area contributed by atoms with E-state index in [-0.39, 0.29) is 12.4 Å². The minimum absolute atomic E-state index is 0.0666. The Bertz CT molecular complexity index is 757. The Hall–Kier alpha value is -2.59. The number of ether oxygens (including phenoxy) is 1. The zero-order chi connectivity index (χ0) is 18.1. The third kappa shape index (κ3) is 6.43. The first-order valence-corrected chi connectivity index (χ1v) is 8.35. The monoisotopic (exact) mass is 357 g/mol. The van der Waals surface area contributed by atoms with Gasteiger partial charge in [-0.15, -0.1) is 0 Å². The van der Waals surface area contributed by atoms with Crippen LogP contribution in [0.25, 0.3) is 6.08 Å². The Morgan fingerprint density at radius 3 is 2.64 bits per heavy atom. The number of halogens is 1. The van der Waals surface area contributed by atoms with E-state index in [2.05, 4.69) is 5.32 Å². The van der Waals surface area contributed by atoms with Crippen LogP contribution in [0.2, 0.25) is 5.02 Å². The van der Waals surface area contributed by atoms with Crippen molar-refractivity contribution in [3.63, 3.8) is 0 Å². The molecule has 0 saturated heterocycles. The standard InChI is InChI=1S/C20H20ClNO3/c1-15(23)18-13-16(10-11-19(18)21)7-5-6-12-22-20(24)25-14-17-8-3-2-4-9-17/h2-5,7-11,13H,6,12,14H2,1H3,(H,22,24). The highest BCUT2D eigenvalue weighted by atomic mass is 35.5. The SMILES string of the molecule is CC(=O)c1cc(C=CCCNC(=O)OCc2ccccc2)ccc1Cl. The van der Waals surface area contributed by atoms with E-state index in [1.807, 2.05) is 48.6 Å². The maximum Gasteiger partial charge on any atom is 0.407 e. The smallest absolute Gasteiger partial charge is 0.407 e. The van der Waals surface area contributed by atoms with Crippen molar-refractivity contribution in [2.45, 2.75) is 20.0 Å². The molecule has 0 aliphatic rings. The molecule has 2 aromatic rings. The summed E-state index contributed by atoms with van der Waals surface area (Å²) in [6.07, 6.45) is 4.02. The summed E-state index contributed by atoms with van der Waals surface area (Å²) in [5.41, 5.74) is 2.34. The minimum atomic E-state index is -0.442. The van der Waals surface area contributed by atoms with E-state index in [1.54, 1.807) is 12.1 Å². The summed E-state index contributed by atoms with van der Waals surface area (Å²) < 4.78 is 5.12. The number of hydrogen-bond donors (Lipinski definition) is 1. The van der Waals surface area contributed by atoms with Crippen molar-refractivity contribution in [3.8, 4) is 0 Å². The Labute approximate surface area is 152 Å². The van der Waals surface area contributed by atoms with Gasteiger partial charge >= 0.3 is 6.09 Å². The van der Waals surface area contributed by atoms with Crippen LogP contribution in [0.3, 0.4) is 0 Å². The Morgan fingerprint density at radius 2 is 1.92 bits per heavy atom. The van der Waals surface area contributed by atoms with Gasteiger partial charge < -0.3 is 10.1 Å². The molecule has 0 unspecified atom stereocenters. The van der Waals surface area contributed by atoms with Crippen LogP contribution >= 0.6 is 11.6 Å². The first-order chi connectivity index (χ1) is 12.1. The molecule has 25 heavy (non-hydrogen) atoms. The summed E-state index contributed by atoms with van der Waals surface area (Å²) in [7, 11) is 0.